The van der Waals surface area contributed by atoms with Gasteiger partial charge in [0, 0.05) is 44.3 Å². The first-order valence-electron chi connectivity index (χ1n) is 17.2. The van der Waals surface area contributed by atoms with Crippen molar-refractivity contribution in [2.45, 2.75) is 12.0 Å². The maximum Gasteiger partial charge on any atom is 0.234 e. The van der Waals surface area contributed by atoms with Crippen molar-refractivity contribution in [3.63, 3.8) is 0 Å². The summed E-state index contributed by atoms with van der Waals surface area (Å²) < 4.78 is 12.4. The largest absolute Gasteiger partial charge is 0.456 e. The monoisotopic (exact) mass is 656 g/mol. The summed E-state index contributed by atoms with van der Waals surface area (Å²) in [6.07, 6.45) is 8.80. The number of para-hydroxylation sites is 2. The van der Waals surface area contributed by atoms with E-state index < -0.39 is 0 Å². The number of nitrogens with zero attached hydrogens (tertiary/aromatic N) is 4. The lowest BCUT2D eigenvalue weighted by Crippen LogP contribution is -2.30. The van der Waals surface area contributed by atoms with Crippen LogP contribution < -0.4 is 4.90 Å². The van der Waals surface area contributed by atoms with E-state index in [1.807, 2.05) is 60.7 Å². The molecule has 0 radical (unpaired) electrons. The highest BCUT2D eigenvalue weighted by molar-refractivity contribution is 6.12. The van der Waals surface area contributed by atoms with E-state index in [4.69, 9.17) is 23.8 Å². The van der Waals surface area contributed by atoms with E-state index in [0.29, 0.717) is 17.6 Å². The lowest BCUT2D eigenvalue weighted by Gasteiger charge is -2.27. The van der Waals surface area contributed by atoms with Crippen LogP contribution in [0, 0.1) is 0 Å². The summed E-state index contributed by atoms with van der Waals surface area (Å²) in [5, 5.41) is 4.25. The molecular weight excluding hydrogens is 629 g/mol. The highest BCUT2D eigenvalue weighted by Gasteiger charge is 2.39. The standard InChI is InChI=1S/C45H28N4O2/c1-2-11-27(12-3-1)43-46-44(34-16-10-20-41-42(34)33-15-6-9-19-39(33)51-41)48-45(47-43)49-36-17-7-4-13-30(36)31-23-21-29(26-37(31)49)28-22-24-40-35(25-28)32-14-5-8-18-38(32)50-40/h1-26,30,36H. The number of rotatable bonds is 4. The maximum atomic E-state index is 6.27. The molecule has 6 nitrogen and oxygen atoms in total. The fourth-order valence-corrected chi connectivity index (χ4v) is 7.92. The minimum atomic E-state index is 0.00460. The normalized spacial score (nSPS) is 16.4. The molecule has 0 saturated carbocycles. The van der Waals surface area contributed by atoms with Crippen LogP contribution in [0.4, 0.5) is 11.6 Å². The molecule has 0 spiro atoms. The number of hydrogen-bond acceptors (Lipinski definition) is 6. The van der Waals surface area contributed by atoms with Gasteiger partial charge in [-0.1, -0.05) is 121 Å². The van der Waals surface area contributed by atoms with Crippen LogP contribution in [-0.4, -0.2) is 21.0 Å². The highest BCUT2D eigenvalue weighted by Crippen LogP contribution is 2.49. The molecule has 1 aliphatic carbocycles. The van der Waals surface area contributed by atoms with Crippen LogP contribution in [0.25, 0.3) is 77.8 Å². The number of allylic oxidation sites excluding steroid dienone is 2. The molecule has 4 heterocycles. The molecule has 0 fully saturated rings. The SMILES string of the molecule is C1=CC2c3ccc(-c4ccc5oc6ccccc6c5c4)cc3N(c3nc(-c4ccccc4)nc(-c4cccc5oc6ccccc6c45)n3)C2C=C1. The molecule has 0 amide bonds. The van der Waals surface area contributed by atoms with Gasteiger partial charge in [-0.2, -0.15) is 9.97 Å². The second-order valence-electron chi connectivity index (χ2n) is 13.2. The highest BCUT2D eigenvalue weighted by atomic mass is 16.3. The molecule has 6 aromatic carbocycles. The molecule has 0 N–H and O–H groups in total. The molecule has 2 unspecified atom stereocenters. The predicted octanol–water partition coefficient (Wildman–Crippen LogP) is 11.4. The van der Waals surface area contributed by atoms with Crippen LogP contribution in [0.1, 0.15) is 11.5 Å². The second kappa shape index (κ2) is 10.9. The zero-order valence-electron chi connectivity index (χ0n) is 27.3. The smallest absolute Gasteiger partial charge is 0.234 e. The first-order valence-corrected chi connectivity index (χ1v) is 17.2. The van der Waals surface area contributed by atoms with E-state index in [0.717, 1.165) is 71.8 Å². The van der Waals surface area contributed by atoms with E-state index in [9.17, 15) is 0 Å². The topological polar surface area (TPSA) is 68.2 Å². The molecular formula is C45H28N4O2. The number of anilines is 2. The van der Waals surface area contributed by atoms with Crippen molar-refractivity contribution >= 4 is 55.5 Å². The Balaban J connectivity index is 1.12. The summed E-state index contributed by atoms with van der Waals surface area (Å²) in [5.74, 6) is 1.98. The first kappa shape index (κ1) is 28.1. The van der Waals surface area contributed by atoms with E-state index in [-0.39, 0.29) is 12.0 Å². The maximum absolute atomic E-state index is 6.27. The van der Waals surface area contributed by atoms with Crippen molar-refractivity contribution in [2.24, 2.45) is 0 Å². The summed E-state index contributed by atoms with van der Waals surface area (Å²) in [7, 11) is 0. The van der Waals surface area contributed by atoms with Crippen molar-refractivity contribution in [1.29, 1.82) is 0 Å². The Morgan fingerprint density at radius 2 is 1.18 bits per heavy atom. The molecule has 0 bridgehead atoms. The van der Waals surface area contributed by atoms with Crippen LogP contribution in [0.15, 0.2) is 167 Å². The second-order valence-corrected chi connectivity index (χ2v) is 13.2. The summed E-state index contributed by atoms with van der Waals surface area (Å²) in [6, 6.07) is 45.8. The van der Waals surface area contributed by atoms with E-state index in [1.54, 1.807) is 0 Å². The van der Waals surface area contributed by atoms with E-state index >= 15 is 0 Å². The van der Waals surface area contributed by atoms with Crippen molar-refractivity contribution in [1.82, 2.24) is 15.0 Å². The van der Waals surface area contributed by atoms with Gasteiger partial charge in [0.1, 0.15) is 22.3 Å². The average molecular weight is 657 g/mol. The molecule has 9 aromatic rings. The zero-order chi connectivity index (χ0) is 33.5. The zero-order valence-corrected chi connectivity index (χ0v) is 27.3. The van der Waals surface area contributed by atoms with Gasteiger partial charge < -0.3 is 13.7 Å². The molecule has 51 heavy (non-hydrogen) atoms. The third kappa shape index (κ3) is 4.33. The Morgan fingerprint density at radius 3 is 2.08 bits per heavy atom. The van der Waals surface area contributed by atoms with Crippen LogP contribution in [-0.2, 0) is 0 Å². The van der Waals surface area contributed by atoms with Crippen molar-refractivity contribution in [3.8, 4) is 33.9 Å². The molecule has 240 valence electrons. The number of hydrogen-bond donors (Lipinski definition) is 0. The van der Waals surface area contributed by atoms with Crippen molar-refractivity contribution in [3.05, 3.63) is 163 Å². The van der Waals surface area contributed by atoms with Gasteiger partial charge in [0.05, 0.1) is 6.04 Å². The molecule has 11 rings (SSSR count). The number of benzene rings is 6. The third-order valence-corrected chi connectivity index (χ3v) is 10.3. The fourth-order valence-electron chi connectivity index (χ4n) is 7.92. The van der Waals surface area contributed by atoms with Crippen molar-refractivity contribution in [2.75, 3.05) is 4.90 Å². The molecule has 6 heteroatoms. The summed E-state index contributed by atoms with van der Waals surface area (Å²) >= 11 is 0. The Hall–Kier alpha value is -6.79. The van der Waals surface area contributed by atoms with Gasteiger partial charge in [0.25, 0.3) is 0 Å². The molecule has 2 aliphatic rings. The van der Waals surface area contributed by atoms with E-state index in [2.05, 4.69) is 102 Å². The minimum Gasteiger partial charge on any atom is -0.456 e. The van der Waals surface area contributed by atoms with Gasteiger partial charge >= 0.3 is 0 Å². The predicted molar refractivity (Wildman–Crippen MR) is 204 cm³/mol. The van der Waals surface area contributed by atoms with Crippen LogP contribution >= 0.6 is 0 Å². The number of fused-ring (bicyclic) bond motifs is 9. The van der Waals surface area contributed by atoms with Crippen LogP contribution in [0.5, 0.6) is 0 Å². The minimum absolute atomic E-state index is 0.00460. The molecule has 2 atom stereocenters. The average Bonchev–Trinajstić information content (AvgIpc) is 3.87. The van der Waals surface area contributed by atoms with Gasteiger partial charge in [0.2, 0.25) is 5.95 Å². The lowest BCUT2D eigenvalue weighted by molar-refractivity contribution is 0.668. The summed E-state index contributed by atoms with van der Waals surface area (Å²) in [6.45, 7) is 0. The Labute approximate surface area is 292 Å². The van der Waals surface area contributed by atoms with Gasteiger partial charge in [-0.3, -0.25) is 0 Å². The number of furan rings is 2. The van der Waals surface area contributed by atoms with Crippen LogP contribution in [0.2, 0.25) is 0 Å². The molecule has 1 aliphatic heterocycles. The quantitative estimate of drug-likeness (QED) is 0.188. The van der Waals surface area contributed by atoms with Gasteiger partial charge in [0.15, 0.2) is 11.6 Å². The summed E-state index contributed by atoms with van der Waals surface area (Å²) in [5.41, 5.74) is 9.81. The van der Waals surface area contributed by atoms with Gasteiger partial charge in [-0.15, -0.1) is 0 Å². The lowest BCUT2D eigenvalue weighted by atomic mass is 9.90. The molecule has 0 saturated heterocycles. The van der Waals surface area contributed by atoms with Crippen LogP contribution in [0.3, 0.4) is 0 Å². The Bertz CT molecular complexity index is 2900. The Kier molecular flexibility index (Phi) is 5.98. The molecule has 3 aromatic heterocycles. The van der Waals surface area contributed by atoms with Gasteiger partial charge in [-0.25, -0.2) is 4.98 Å². The third-order valence-electron chi connectivity index (χ3n) is 10.3. The first-order chi connectivity index (χ1) is 25.3. The Morgan fingerprint density at radius 1 is 0.490 bits per heavy atom. The van der Waals surface area contributed by atoms with Crippen molar-refractivity contribution < 1.29 is 8.83 Å². The van der Waals surface area contributed by atoms with E-state index in [1.165, 1.54) is 5.56 Å². The fraction of sp³-hybridized carbons (Fsp3) is 0.0444. The summed E-state index contributed by atoms with van der Waals surface area (Å²) in [4.78, 5) is 17.9. The number of aromatic nitrogens is 3. The van der Waals surface area contributed by atoms with Gasteiger partial charge in [-0.05, 0) is 53.1 Å².